The van der Waals surface area contributed by atoms with Crippen LogP contribution in [0.1, 0.15) is 18.2 Å². The molecule has 7 heteroatoms. The third kappa shape index (κ3) is 3.55. The lowest BCUT2D eigenvalue weighted by atomic mass is 10.2. The van der Waals surface area contributed by atoms with Gasteiger partial charge in [0.25, 0.3) is 0 Å². The molecule has 0 radical (unpaired) electrons. The largest absolute Gasteiger partial charge is 0.454 e. The van der Waals surface area contributed by atoms with E-state index in [1.807, 2.05) is 30.6 Å². The van der Waals surface area contributed by atoms with Crippen LogP contribution in [-0.4, -0.2) is 29.6 Å². The molecule has 116 valence electrons. The van der Waals surface area contributed by atoms with E-state index >= 15 is 0 Å². The Bertz CT molecular complexity index is 686. The summed E-state index contributed by atoms with van der Waals surface area (Å²) in [6.07, 6.45) is 0. The van der Waals surface area contributed by atoms with Crippen LogP contribution in [0.2, 0.25) is 0 Å². The minimum absolute atomic E-state index is 0.102. The van der Waals surface area contributed by atoms with Crippen molar-refractivity contribution in [2.24, 2.45) is 0 Å². The number of benzene rings is 1. The summed E-state index contributed by atoms with van der Waals surface area (Å²) in [5.74, 6) is 1.49. The van der Waals surface area contributed by atoms with E-state index in [0.717, 1.165) is 29.3 Å². The van der Waals surface area contributed by atoms with Crippen LogP contribution in [-0.2, 0) is 17.9 Å². The molecule has 22 heavy (non-hydrogen) atoms. The number of nitrogens with one attached hydrogen (secondary N) is 1. The van der Waals surface area contributed by atoms with Crippen LogP contribution in [0.5, 0.6) is 11.5 Å². The average molecular weight is 319 g/mol. The maximum absolute atomic E-state index is 11.0. The smallest absolute Gasteiger partial charge is 0.231 e. The van der Waals surface area contributed by atoms with Crippen LogP contribution in [0, 0.1) is 0 Å². The predicted octanol–water partition coefficient (Wildman–Crippen LogP) is 2.46. The Labute approximate surface area is 132 Å². The first-order chi connectivity index (χ1) is 10.6. The van der Waals surface area contributed by atoms with Crippen LogP contribution in [0.4, 0.5) is 5.13 Å². The first kappa shape index (κ1) is 14.8. The second kappa shape index (κ2) is 6.33. The number of thiazole rings is 1. The summed E-state index contributed by atoms with van der Waals surface area (Å²) in [4.78, 5) is 17.5. The topological polar surface area (TPSA) is 63.7 Å². The summed E-state index contributed by atoms with van der Waals surface area (Å²) < 4.78 is 10.7. The SMILES string of the molecule is CC(=O)Nc1nc(CN(C)Cc2ccc3c(c2)OCO3)cs1. The van der Waals surface area contributed by atoms with Gasteiger partial charge in [-0.25, -0.2) is 4.98 Å². The number of hydrogen-bond donors (Lipinski definition) is 1. The zero-order valence-electron chi connectivity index (χ0n) is 12.5. The molecule has 1 aromatic carbocycles. The summed E-state index contributed by atoms with van der Waals surface area (Å²) in [6, 6.07) is 5.97. The van der Waals surface area contributed by atoms with Crippen LogP contribution in [0.15, 0.2) is 23.6 Å². The van der Waals surface area contributed by atoms with E-state index in [4.69, 9.17) is 9.47 Å². The fraction of sp³-hybridized carbons (Fsp3) is 0.333. The molecule has 2 heterocycles. The molecule has 3 rings (SSSR count). The van der Waals surface area contributed by atoms with Crippen molar-refractivity contribution >= 4 is 22.4 Å². The highest BCUT2D eigenvalue weighted by molar-refractivity contribution is 7.13. The lowest BCUT2D eigenvalue weighted by Crippen LogP contribution is -2.17. The second-order valence-electron chi connectivity index (χ2n) is 5.19. The lowest BCUT2D eigenvalue weighted by molar-refractivity contribution is -0.114. The number of ether oxygens (including phenoxy) is 2. The van der Waals surface area contributed by atoms with E-state index in [-0.39, 0.29) is 5.91 Å². The number of nitrogens with zero attached hydrogens (tertiary/aromatic N) is 2. The first-order valence-corrected chi connectivity index (χ1v) is 7.77. The fourth-order valence-electron chi connectivity index (χ4n) is 2.27. The number of fused-ring (bicyclic) bond motifs is 1. The lowest BCUT2D eigenvalue weighted by Gasteiger charge is -2.15. The van der Waals surface area contributed by atoms with E-state index < -0.39 is 0 Å². The van der Waals surface area contributed by atoms with Crippen molar-refractivity contribution in [3.8, 4) is 11.5 Å². The first-order valence-electron chi connectivity index (χ1n) is 6.89. The molecule has 0 saturated heterocycles. The van der Waals surface area contributed by atoms with Gasteiger partial charge in [0.05, 0.1) is 5.69 Å². The van der Waals surface area contributed by atoms with Gasteiger partial charge in [-0.3, -0.25) is 9.69 Å². The molecule has 0 bridgehead atoms. The molecule has 1 aliphatic heterocycles. The molecular formula is C15H17N3O3S. The van der Waals surface area contributed by atoms with Gasteiger partial charge in [-0.1, -0.05) is 6.07 Å². The number of amides is 1. The van der Waals surface area contributed by atoms with Crippen molar-refractivity contribution in [2.75, 3.05) is 19.2 Å². The van der Waals surface area contributed by atoms with E-state index in [9.17, 15) is 4.79 Å². The Morgan fingerprint density at radius 2 is 2.18 bits per heavy atom. The van der Waals surface area contributed by atoms with Crippen LogP contribution >= 0.6 is 11.3 Å². The van der Waals surface area contributed by atoms with E-state index in [1.54, 1.807) is 0 Å². The Balaban J connectivity index is 1.59. The van der Waals surface area contributed by atoms with E-state index in [0.29, 0.717) is 18.5 Å². The molecule has 0 atom stereocenters. The molecule has 0 saturated carbocycles. The highest BCUT2D eigenvalue weighted by Crippen LogP contribution is 2.32. The van der Waals surface area contributed by atoms with Gasteiger partial charge in [0.15, 0.2) is 16.6 Å². The van der Waals surface area contributed by atoms with Crippen LogP contribution in [0.25, 0.3) is 0 Å². The summed E-state index contributed by atoms with van der Waals surface area (Å²) in [5.41, 5.74) is 2.10. The van der Waals surface area contributed by atoms with Gasteiger partial charge < -0.3 is 14.8 Å². The van der Waals surface area contributed by atoms with Crippen molar-refractivity contribution < 1.29 is 14.3 Å². The number of anilines is 1. The predicted molar refractivity (Wildman–Crippen MR) is 84.2 cm³/mol. The molecular weight excluding hydrogens is 302 g/mol. The molecule has 1 aromatic heterocycles. The number of hydrogen-bond acceptors (Lipinski definition) is 6. The summed E-state index contributed by atoms with van der Waals surface area (Å²) in [6.45, 7) is 3.26. The number of carbonyl (C=O) groups is 1. The van der Waals surface area contributed by atoms with E-state index in [2.05, 4.69) is 15.2 Å². The van der Waals surface area contributed by atoms with Gasteiger partial charge in [-0.05, 0) is 24.7 Å². The van der Waals surface area contributed by atoms with Gasteiger partial charge in [-0.15, -0.1) is 11.3 Å². The second-order valence-corrected chi connectivity index (χ2v) is 6.04. The quantitative estimate of drug-likeness (QED) is 0.917. The molecule has 0 unspecified atom stereocenters. The number of aromatic nitrogens is 1. The molecule has 0 fully saturated rings. The molecule has 6 nitrogen and oxygen atoms in total. The highest BCUT2D eigenvalue weighted by Gasteiger charge is 2.14. The third-order valence-corrected chi connectivity index (χ3v) is 3.96. The Morgan fingerprint density at radius 1 is 1.36 bits per heavy atom. The standard InChI is InChI=1S/C15H17N3O3S/c1-10(19)16-15-17-12(8-22-15)7-18(2)6-11-3-4-13-14(5-11)21-9-20-13/h3-5,8H,6-7,9H2,1-2H3,(H,16,17,19). The third-order valence-electron chi connectivity index (χ3n) is 3.16. The maximum atomic E-state index is 11.0. The maximum Gasteiger partial charge on any atom is 0.231 e. The van der Waals surface area contributed by atoms with E-state index in [1.165, 1.54) is 18.3 Å². The zero-order chi connectivity index (χ0) is 15.5. The Morgan fingerprint density at radius 3 is 3.00 bits per heavy atom. The number of carbonyl (C=O) groups excluding carboxylic acids is 1. The highest BCUT2D eigenvalue weighted by atomic mass is 32.1. The molecule has 1 amide bonds. The van der Waals surface area contributed by atoms with Gasteiger partial charge in [0, 0.05) is 25.4 Å². The van der Waals surface area contributed by atoms with Gasteiger partial charge >= 0.3 is 0 Å². The summed E-state index contributed by atoms with van der Waals surface area (Å²) in [5, 5.41) is 5.29. The Hall–Kier alpha value is -2.12. The minimum Gasteiger partial charge on any atom is -0.454 e. The van der Waals surface area contributed by atoms with Gasteiger partial charge in [0.1, 0.15) is 0 Å². The normalized spacial score (nSPS) is 12.7. The van der Waals surface area contributed by atoms with Crippen molar-refractivity contribution in [3.63, 3.8) is 0 Å². The van der Waals surface area contributed by atoms with Crippen molar-refractivity contribution in [1.82, 2.24) is 9.88 Å². The van der Waals surface area contributed by atoms with Crippen molar-refractivity contribution in [3.05, 3.63) is 34.8 Å². The van der Waals surface area contributed by atoms with Crippen LogP contribution in [0.3, 0.4) is 0 Å². The molecule has 1 aliphatic rings. The number of rotatable bonds is 5. The van der Waals surface area contributed by atoms with Gasteiger partial charge in [0.2, 0.25) is 12.7 Å². The van der Waals surface area contributed by atoms with Crippen LogP contribution < -0.4 is 14.8 Å². The van der Waals surface area contributed by atoms with Crippen molar-refractivity contribution in [2.45, 2.75) is 20.0 Å². The molecule has 0 aliphatic carbocycles. The zero-order valence-corrected chi connectivity index (χ0v) is 13.3. The average Bonchev–Trinajstić information content (AvgIpc) is 3.06. The molecule has 2 aromatic rings. The monoisotopic (exact) mass is 319 g/mol. The van der Waals surface area contributed by atoms with Gasteiger partial charge in [-0.2, -0.15) is 0 Å². The van der Waals surface area contributed by atoms with Crippen molar-refractivity contribution in [1.29, 1.82) is 0 Å². The summed E-state index contributed by atoms with van der Waals surface area (Å²) in [7, 11) is 2.03. The molecule has 0 spiro atoms. The summed E-state index contributed by atoms with van der Waals surface area (Å²) >= 11 is 1.44. The minimum atomic E-state index is -0.102. The molecule has 1 N–H and O–H groups in total. The fourth-order valence-corrected chi connectivity index (χ4v) is 3.02. The Kier molecular flexibility index (Phi) is 4.26.